The molecule has 0 bridgehead atoms. The first-order valence-electron chi connectivity index (χ1n) is 7.64. The fraction of sp³-hybridized carbons (Fsp3) is 0.562. The summed E-state index contributed by atoms with van der Waals surface area (Å²) in [5.74, 6) is 0.304. The van der Waals surface area contributed by atoms with Crippen molar-refractivity contribution in [2.24, 2.45) is 0 Å². The van der Waals surface area contributed by atoms with Crippen LogP contribution in [0.1, 0.15) is 24.4 Å². The van der Waals surface area contributed by atoms with Crippen molar-refractivity contribution in [3.8, 4) is 5.75 Å². The Bertz CT molecular complexity index is 498. The second-order valence-corrected chi connectivity index (χ2v) is 5.71. The van der Waals surface area contributed by atoms with Crippen molar-refractivity contribution in [1.82, 2.24) is 9.80 Å². The van der Waals surface area contributed by atoms with Crippen LogP contribution in [0.2, 0.25) is 0 Å². The molecule has 2 aliphatic rings. The molecular formula is C16H22N2O3. The number of para-hydroxylation sites is 1. The summed E-state index contributed by atoms with van der Waals surface area (Å²) in [5.41, 5.74) is 1.29. The third kappa shape index (κ3) is 3.36. The van der Waals surface area contributed by atoms with Gasteiger partial charge in [-0.05, 0) is 6.07 Å². The van der Waals surface area contributed by atoms with Crippen molar-refractivity contribution < 1.29 is 14.6 Å². The smallest absolute Gasteiger partial charge is 0.304 e. The molecule has 2 aliphatic heterocycles. The summed E-state index contributed by atoms with van der Waals surface area (Å²) in [5, 5.41) is 8.76. The largest absolute Gasteiger partial charge is 0.493 e. The zero-order valence-corrected chi connectivity index (χ0v) is 12.2. The number of fused-ring (bicyclic) bond motifs is 1. The second kappa shape index (κ2) is 6.45. The number of carboxylic acids is 1. The van der Waals surface area contributed by atoms with E-state index in [0.717, 1.165) is 45.0 Å². The molecule has 114 valence electrons. The lowest BCUT2D eigenvalue weighted by Crippen LogP contribution is -2.48. The van der Waals surface area contributed by atoms with E-state index in [4.69, 9.17) is 9.84 Å². The molecule has 21 heavy (non-hydrogen) atoms. The number of piperazine rings is 1. The quantitative estimate of drug-likeness (QED) is 0.913. The molecule has 1 unspecified atom stereocenters. The molecule has 1 aromatic carbocycles. The molecule has 0 aliphatic carbocycles. The van der Waals surface area contributed by atoms with Crippen molar-refractivity contribution in [2.45, 2.75) is 18.9 Å². The van der Waals surface area contributed by atoms with Gasteiger partial charge in [-0.15, -0.1) is 0 Å². The summed E-state index contributed by atoms with van der Waals surface area (Å²) >= 11 is 0. The number of aliphatic carboxylic acids is 1. The molecule has 1 saturated heterocycles. The van der Waals surface area contributed by atoms with Crippen LogP contribution in [-0.2, 0) is 4.79 Å². The molecule has 2 heterocycles. The van der Waals surface area contributed by atoms with Gasteiger partial charge in [0.1, 0.15) is 5.75 Å². The zero-order chi connectivity index (χ0) is 14.7. The minimum atomic E-state index is -0.712. The summed E-state index contributed by atoms with van der Waals surface area (Å²) in [6.45, 7) is 5.34. The molecule has 3 rings (SSSR count). The molecule has 0 saturated carbocycles. The Morgan fingerprint density at radius 1 is 1.24 bits per heavy atom. The van der Waals surface area contributed by atoms with Crippen molar-refractivity contribution in [3.63, 3.8) is 0 Å². The highest BCUT2D eigenvalue weighted by molar-refractivity contribution is 5.66. The average Bonchev–Trinajstić information content (AvgIpc) is 2.53. The van der Waals surface area contributed by atoms with E-state index in [9.17, 15) is 4.79 Å². The number of hydrogen-bond acceptors (Lipinski definition) is 4. The van der Waals surface area contributed by atoms with E-state index in [1.54, 1.807) is 0 Å². The molecule has 0 aromatic heterocycles. The first-order chi connectivity index (χ1) is 10.2. The number of ether oxygens (including phenoxy) is 1. The van der Waals surface area contributed by atoms with E-state index < -0.39 is 5.97 Å². The minimum absolute atomic E-state index is 0.236. The summed E-state index contributed by atoms with van der Waals surface area (Å²) in [7, 11) is 0. The van der Waals surface area contributed by atoms with Gasteiger partial charge in [-0.2, -0.15) is 0 Å². The highest BCUT2D eigenvalue weighted by Crippen LogP contribution is 2.36. The Kier molecular flexibility index (Phi) is 4.41. The van der Waals surface area contributed by atoms with E-state index in [-0.39, 0.29) is 6.42 Å². The van der Waals surface area contributed by atoms with Gasteiger partial charge in [-0.3, -0.25) is 9.69 Å². The van der Waals surface area contributed by atoms with Gasteiger partial charge in [0.2, 0.25) is 0 Å². The van der Waals surface area contributed by atoms with Crippen LogP contribution >= 0.6 is 0 Å². The van der Waals surface area contributed by atoms with Crippen LogP contribution in [0.5, 0.6) is 5.75 Å². The third-order valence-electron chi connectivity index (χ3n) is 4.42. The van der Waals surface area contributed by atoms with Gasteiger partial charge in [0.05, 0.1) is 13.0 Å². The molecule has 5 heteroatoms. The molecular weight excluding hydrogens is 268 g/mol. The van der Waals surface area contributed by atoms with Gasteiger partial charge >= 0.3 is 5.97 Å². The zero-order valence-electron chi connectivity index (χ0n) is 12.2. The number of nitrogens with zero attached hydrogens (tertiary/aromatic N) is 2. The maximum Gasteiger partial charge on any atom is 0.304 e. The van der Waals surface area contributed by atoms with E-state index in [2.05, 4.69) is 21.9 Å². The standard InChI is InChI=1S/C16H22N2O3/c19-16(20)5-7-17-8-10-18(11-9-17)14-6-12-21-15-4-2-1-3-13(14)15/h1-4,14H,5-12H2,(H,19,20). The lowest BCUT2D eigenvalue weighted by molar-refractivity contribution is -0.137. The van der Waals surface area contributed by atoms with Crippen LogP contribution in [-0.4, -0.2) is 60.2 Å². The van der Waals surface area contributed by atoms with E-state index in [0.29, 0.717) is 12.6 Å². The average molecular weight is 290 g/mol. The predicted molar refractivity (Wildman–Crippen MR) is 79.6 cm³/mol. The number of carbonyl (C=O) groups is 1. The van der Waals surface area contributed by atoms with Gasteiger partial charge in [0, 0.05) is 50.7 Å². The summed E-state index contributed by atoms with van der Waals surface area (Å²) in [4.78, 5) is 15.4. The van der Waals surface area contributed by atoms with Crippen molar-refractivity contribution >= 4 is 5.97 Å². The fourth-order valence-electron chi connectivity index (χ4n) is 3.25. The lowest BCUT2D eigenvalue weighted by atomic mass is 9.98. The number of hydrogen-bond donors (Lipinski definition) is 1. The van der Waals surface area contributed by atoms with E-state index in [1.807, 2.05) is 12.1 Å². The summed E-state index contributed by atoms with van der Waals surface area (Å²) in [6, 6.07) is 8.74. The van der Waals surface area contributed by atoms with Crippen LogP contribution in [0.25, 0.3) is 0 Å². The van der Waals surface area contributed by atoms with Crippen LogP contribution in [0.3, 0.4) is 0 Å². The maximum absolute atomic E-state index is 10.6. The SMILES string of the molecule is O=C(O)CCN1CCN(C2CCOc3ccccc32)CC1. The van der Waals surface area contributed by atoms with Gasteiger partial charge in [-0.1, -0.05) is 18.2 Å². The topological polar surface area (TPSA) is 53.0 Å². The van der Waals surface area contributed by atoms with E-state index >= 15 is 0 Å². The molecule has 1 aromatic rings. The van der Waals surface area contributed by atoms with Crippen molar-refractivity contribution in [3.05, 3.63) is 29.8 Å². The minimum Gasteiger partial charge on any atom is -0.493 e. The number of rotatable bonds is 4. The second-order valence-electron chi connectivity index (χ2n) is 5.71. The monoisotopic (exact) mass is 290 g/mol. The van der Waals surface area contributed by atoms with Crippen LogP contribution in [0, 0.1) is 0 Å². The summed E-state index contributed by atoms with van der Waals surface area (Å²) < 4.78 is 5.73. The summed E-state index contributed by atoms with van der Waals surface area (Å²) in [6.07, 6.45) is 1.27. The first kappa shape index (κ1) is 14.4. The van der Waals surface area contributed by atoms with Crippen molar-refractivity contribution in [2.75, 3.05) is 39.3 Å². The highest BCUT2D eigenvalue weighted by Gasteiger charge is 2.29. The molecule has 0 amide bonds. The molecule has 0 radical (unpaired) electrons. The van der Waals surface area contributed by atoms with Crippen LogP contribution in [0.15, 0.2) is 24.3 Å². The Hall–Kier alpha value is -1.59. The Balaban J connectivity index is 1.59. The van der Waals surface area contributed by atoms with Crippen LogP contribution in [0.4, 0.5) is 0 Å². The molecule has 5 nitrogen and oxygen atoms in total. The van der Waals surface area contributed by atoms with Gasteiger partial charge in [-0.25, -0.2) is 0 Å². The normalized spacial score (nSPS) is 23.3. The Labute approximate surface area is 125 Å². The first-order valence-corrected chi connectivity index (χ1v) is 7.64. The van der Waals surface area contributed by atoms with Crippen LogP contribution < -0.4 is 4.74 Å². The van der Waals surface area contributed by atoms with Gasteiger partial charge in [0.25, 0.3) is 0 Å². The third-order valence-corrected chi connectivity index (χ3v) is 4.42. The fourth-order valence-corrected chi connectivity index (χ4v) is 3.25. The van der Waals surface area contributed by atoms with Gasteiger partial charge in [0.15, 0.2) is 0 Å². The Morgan fingerprint density at radius 2 is 2.00 bits per heavy atom. The Morgan fingerprint density at radius 3 is 2.76 bits per heavy atom. The molecule has 1 fully saturated rings. The number of carboxylic acid groups (broad SMARTS) is 1. The number of benzene rings is 1. The molecule has 1 atom stereocenters. The maximum atomic E-state index is 10.6. The lowest BCUT2D eigenvalue weighted by Gasteiger charge is -2.41. The van der Waals surface area contributed by atoms with Crippen molar-refractivity contribution in [1.29, 1.82) is 0 Å². The highest BCUT2D eigenvalue weighted by atomic mass is 16.5. The molecule has 0 spiro atoms. The molecule has 1 N–H and O–H groups in total. The van der Waals surface area contributed by atoms with E-state index in [1.165, 1.54) is 5.56 Å². The van der Waals surface area contributed by atoms with Gasteiger partial charge < -0.3 is 14.7 Å². The predicted octanol–water partition coefficient (Wildman–Crippen LogP) is 1.60.